The van der Waals surface area contributed by atoms with Crippen LogP contribution in [-0.2, 0) is 4.74 Å². The number of thiazole rings is 1. The van der Waals surface area contributed by atoms with Gasteiger partial charge in [-0.15, -0.1) is 22.7 Å². The Labute approximate surface area is 136 Å². The van der Waals surface area contributed by atoms with Crippen LogP contribution in [0.5, 0.6) is 0 Å². The fourth-order valence-electron chi connectivity index (χ4n) is 2.25. The first-order valence-electron chi connectivity index (χ1n) is 7.11. The monoisotopic (exact) mass is 336 g/mol. The Kier molecular flexibility index (Phi) is 4.26. The van der Waals surface area contributed by atoms with Crippen molar-refractivity contribution >= 4 is 39.6 Å². The molecule has 1 fully saturated rings. The van der Waals surface area contributed by atoms with E-state index < -0.39 is 0 Å². The zero-order valence-electron chi connectivity index (χ0n) is 12.3. The number of aryl methyl sites for hydroxylation is 1. The third-order valence-electron chi connectivity index (χ3n) is 3.50. The Morgan fingerprint density at radius 2 is 2.18 bits per heavy atom. The molecule has 22 heavy (non-hydrogen) atoms. The van der Waals surface area contributed by atoms with Gasteiger partial charge in [0.2, 0.25) is 0 Å². The molecule has 0 radical (unpaired) electrons. The number of thiophene rings is 1. The van der Waals surface area contributed by atoms with Crippen LogP contribution in [0.15, 0.2) is 10.9 Å². The molecule has 0 spiro atoms. The predicted octanol–water partition coefficient (Wildman–Crippen LogP) is 3.82. The Bertz CT molecular complexity index is 716. The van der Waals surface area contributed by atoms with E-state index in [1.807, 2.05) is 5.38 Å². The summed E-state index contributed by atoms with van der Waals surface area (Å²) in [7, 11) is 0. The van der Waals surface area contributed by atoms with Crippen molar-refractivity contribution in [1.82, 2.24) is 4.98 Å². The first-order chi connectivity index (χ1) is 10.6. The van der Waals surface area contributed by atoms with Crippen LogP contribution in [-0.4, -0.2) is 23.5 Å². The summed E-state index contributed by atoms with van der Waals surface area (Å²) in [6.07, 6.45) is 2.18. The third-order valence-corrected chi connectivity index (χ3v) is 5.34. The van der Waals surface area contributed by atoms with E-state index in [9.17, 15) is 9.59 Å². The number of ether oxygens (including phenoxy) is 1. The zero-order valence-corrected chi connectivity index (χ0v) is 14.0. The SMILES string of the molecule is CCOC(=O)c1c(C2CC2)csc1NC(=O)c1scnc1C. The average Bonchev–Trinajstić information content (AvgIpc) is 3.10. The molecule has 1 saturated carbocycles. The van der Waals surface area contributed by atoms with Gasteiger partial charge in [-0.05, 0) is 43.6 Å². The van der Waals surface area contributed by atoms with Gasteiger partial charge in [0.05, 0.1) is 23.4 Å². The van der Waals surface area contributed by atoms with Crippen molar-refractivity contribution in [3.63, 3.8) is 0 Å². The van der Waals surface area contributed by atoms with Gasteiger partial charge in [-0.1, -0.05) is 0 Å². The molecule has 2 aromatic heterocycles. The first-order valence-corrected chi connectivity index (χ1v) is 8.87. The minimum Gasteiger partial charge on any atom is -0.462 e. The van der Waals surface area contributed by atoms with Gasteiger partial charge < -0.3 is 10.1 Å². The van der Waals surface area contributed by atoms with E-state index in [1.54, 1.807) is 19.4 Å². The molecule has 0 saturated heterocycles. The largest absolute Gasteiger partial charge is 0.462 e. The van der Waals surface area contributed by atoms with Gasteiger partial charge in [-0.2, -0.15) is 0 Å². The molecule has 1 N–H and O–H groups in total. The number of esters is 1. The Morgan fingerprint density at radius 1 is 1.41 bits per heavy atom. The van der Waals surface area contributed by atoms with Crippen molar-refractivity contribution in [2.45, 2.75) is 32.6 Å². The number of amides is 1. The van der Waals surface area contributed by atoms with Gasteiger partial charge >= 0.3 is 5.97 Å². The van der Waals surface area contributed by atoms with Crippen LogP contribution < -0.4 is 5.32 Å². The molecular weight excluding hydrogens is 320 g/mol. The summed E-state index contributed by atoms with van der Waals surface area (Å²) >= 11 is 2.67. The number of carbonyl (C=O) groups is 2. The molecule has 116 valence electrons. The molecule has 0 bridgehead atoms. The van der Waals surface area contributed by atoms with Crippen molar-refractivity contribution in [2.75, 3.05) is 11.9 Å². The number of nitrogens with one attached hydrogen (secondary N) is 1. The number of rotatable bonds is 5. The van der Waals surface area contributed by atoms with Crippen LogP contribution in [0.3, 0.4) is 0 Å². The maximum atomic E-state index is 12.3. The molecule has 3 rings (SSSR count). The highest BCUT2D eigenvalue weighted by Gasteiger charge is 2.32. The quantitative estimate of drug-likeness (QED) is 0.843. The molecular formula is C15H16N2O3S2. The second-order valence-corrected chi connectivity index (χ2v) is 6.85. The Morgan fingerprint density at radius 3 is 2.77 bits per heavy atom. The molecule has 1 aliphatic carbocycles. The normalized spacial score (nSPS) is 13.9. The van der Waals surface area contributed by atoms with E-state index in [0.29, 0.717) is 33.7 Å². The van der Waals surface area contributed by atoms with Crippen LogP contribution in [0.1, 0.15) is 57.0 Å². The summed E-state index contributed by atoms with van der Waals surface area (Å²) in [6.45, 7) is 3.89. The lowest BCUT2D eigenvalue weighted by atomic mass is 10.1. The molecule has 0 aromatic carbocycles. The standard InChI is InChI=1S/C15H16N2O3S2/c1-3-20-15(19)11-10(9-4-5-9)6-21-14(11)17-13(18)12-8(2)16-7-22-12/h6-7,9H,3-5H2,1-2H3,(H,17,18). The predicted molar refractivity (Wildman–Crippen MR) is 87.1 cm³/mol. The smallest absolute Gasteiger partial charge is 0.341 e. The highest BCUT2D eigenvalue weighted by atomic mass is 32.1. The molecule has 1 aliphatic rings. The van der Waals surface area contributed by atoms with Crippen LogP contribution in [0.25, 0.3) is 0 Å². The molecule has 2 heterocycles. The molecule has 1 amide bonds. The number of hydrogen-bond donors (Lipinski definition) is 1. The molecule has 5 nitrogen and oxygen atoms in total. The van der Waals surface area contributed by atoms with E-state index in [0.717, 1.165) is 18.4 Å². The number of nitrogens with zero attached hydrogens (tertiary/aromatic N) is 1. The van der Waals surface area contributed by atoms with Gasteiger partial charge in [0.15, 0.2) is 0 Å². The van der Waals surface area contributed by atoms with E-state index in [2.05, 4.69) is 10.3 Å². The summed E-state index contributed by atoms with van der Waals surface area (Å²) in [5.74, 6) is -0.164. The van der Waals surface area contributed by atoms with Crippen LogP contribution in [0, 0.1) is 6.92 Å². The number of carbonyl (C=O) groups excluding carboxylic acids is 2. The van der Waals surface area contributed by atoms with Gasteiger partial charge in [-0.25, -0.2) is 9.78 Å². The fraction of sp³-hybridized carbons (Fsp3) is 0.400. The lowest BCUT2D eigenvalue weighted by molar-refractivity contribution is 0.0527. The Balaban J connectivity index is 1.88. The van der Waals surface area contributed by atoms with Crippen molar-refractivity contribution in [3.05, 3.63) is 32.6 Å². The number of hydrogen-bond acceptors (Lipinski definition) is 6. The summed E-state index contributed by atoms with van der Waals surface area (Å²) in [4.78, 5) is 29.2. The Hall–Kier alpha value is -1.73. The topological polar surface area (TPSA) is 68.3 Å². The van der Waals surface area contributed by atoms with Crippen molar-refractivity contribution < 1.29 is 14.3 Å². The van der Waals surface area contributed by atoms with E-state index in [-0.39, 0.29) is 11.9 Å². The maximum absolute atomic E-state index is 12.3. The third kappa shape index (κ3) is 2.91. The van der Waals surface area contributed by atoms with Crippen LogP contribution in [0.2, 0.25) is 0 Å². The molecule has 0 unspecified atom stereocenters. The van der Waals surface area contributed by atoms with Gasteiger partial charge in [-0.3, -0.25) is 4.79 Å². The minimum absolute atomic E-state index is 0.227. The highest BCUT2D eigenvalue weighted by molar-refractivity contribution is 7.15. The van der Waals surface area contributed by atoms with E-state index in [1.165, 1.54) is 22.7 Å². The molecule has 0 aliphatic heterocycles. The zero-order chi connectivity index (χ0) is 15.7. The summed E-state index contributed by atoms with van der Waals surface area (Å²) < 4.78 is 5.15. The van der Waals surface area contributed by atoms with E-state index >= 15 is 0 Å². The maximum Gasteiger partial charge on any atom is 0.341 e. The summed E-state index contributed by atoms with van der Waals surface area (Å²) in [5, 5.41) is 5.37. The number of aromatic nitrogens is 1. The van der Waals surface area contributed by atoms with Crippen LogP contribution in [0.4, 0.5) is 5.00 Å². The first kappa shape index (κ1) is 15.2. The van der Waals surface area contributed by atoms with Crippen LogP contribution >= 0.6 is 22.7 Å². The van der Waals surface area contributed by atoms with Crippen molar-refractivity contribution in [3.8, 4) is 0 Å². The van der Waals surface area contributed by atoms with Gasteiger partial charge in [0, 0.05) is 0 Å². The second kappa shape index (κ2) is 6.18. The summed E-state index contributed by atoms with van der Waals surface area (Å²) in [6, 6.07) is 0. The van der Waals surface area contributed by atoms with Gasteiger partial charge in [0.25, 0.3) is 5.91 Å². The number of anilines is 1. The lowest BCUT2D eigenvalue weighted by Gasteiger charge is -2.07. The van der Waals surface area contributed by atoms with Gasteiger partial charge in [0.1, 0.15) is 9.88 Å². The second-order valence-electron chi connectivity index (χ2n) is 5.11. The molecule has 0 atom stereocenters. The van der Waals surface area contributed by atoms with Crippen molar-refractivity contribution in [2.24, 2.45) is 0 Å². The van der Waals surface area contributed by atoms with Crippen molar-refractivity contribution in [1.29, 1.82) is 0 Å². The molecule has 2 aromatic rings. The lowest BCUT2D eigenvalue weighted by Crippen LogP contribution is -2.15. The minimum atomic E-state index is -0.359. The van der Waals surface area contributed by atoms with E-state index in [4.69, 9.17) is 4.74 Å². The average molecular weight is 336 g/mol. The molecule has 7 heteroatoms. The fourth-order valence-corrected chi connectivity index (χ4v) is 3.97. The highest BCUT2D eigenvalue weighted by Crippen LogP contribution is 2.46. The summed E-state index contributed by atoms with van der Waals surface area (Å²) in [5.41, 5.74) is 3.85.